The van der Waals surface area contributed by atoms with Crippen LogP contribution in [0.4, 0.5) is 10.1 Å². The van der Waals surface area contributed by atoms with Crippen LogP contribution in [0.25, 0.3) is 0 Å². The summed E-state index contributed by atoms with van der Waals surface area (Å²) in [6, 6.07) is 4.84. The minimum Gasteiger partial charge on any atom is -0.360 e. The van der Waals surface area contributed by atoms with Gasteiger partial charge in [0.25, 0.3) is 0 Å². The zero-order valence-corrected chi connectivity index (χ0v) is 14.1. The molecule has 1 aliphatic carbocycles. The van der Waals surface area contributed by atoms with E-state index in [1.165, 1.54) is 37.8 Å². The third-order valence-electron chi connectivity index (χ3n) is 3.93. The van der Waals surface area contributed by atoms with Crippen molar-refractivity contribution in [2.75, 3.05) is 5.32 Å². The molecule has 1 fully saturated rings. The third-order valence-corrected chi connectivity index (χ3v) is 4.50. The van der Waals surface area contributed by atoms with Crippen molar-refractivity contribution in [1.29, 1.82) is 0 Å². The highest BCUT2D eigenvalue weighted by atomic mass is 35.5. The Morgan fingerprint density at radius 2 is 2.17 bits per heavy atom. The van der Waals surface area contributed by atoms with Crippen molar-refractivity contribution in [3.05, 3.63) is 47.0 Å². The fourth-order valence-corrected chi connectivity index (χ4v) is 3.27. The first kappa shape index (κ1) is 16.2. The molecule has 0 radical (unpaired) electrons. The number of rotatable bonds is 4. The summed E-state index contributed by atoms with van der Waals surface area (Å²) in [6.45, 7) is 0.476. The van der Waals surface area contributed by atoms with Crippen LogP contribution >= 0.6 is 23.8 Å². The molecule has 1 aromatic carbocycles. The lowest BCUT2D eigenvalue weighted by Crippen LogP contribution is -2.35. The number of anilines is 1. The Balaban J connectivity index is 1.58. The Morgan fingerprint density at radius 1 is 1.39 bits per heavy atom. The molecule has 7 heteroatoms. The van der Waals surface area contributed by atoms with Gasteiger partial charge in [-0.1, -0.05) is 30.5 Å². The van der Waals surface area contributed by atoms with Crippen molar-refractivity contribution in [3.63, 3.8) is 0 Å². The summed E-state index contributed by atoms with van der Waals surface area (Å²) in [6.07, 6.45) is 8.42. The summed E-state index contributed by atoms with van der Waals surface area (Å²) in [5.41, 5.74) is 1.63. The number of halogens is 2. The average molecular weight is 353 g/mol. The SMILES string of the molecule is Fc1ccc(Cn2cc(NC(=S)NC3CCCC3)cn2)c(Cl)c1. The number of aromatic nitrogens is 2. The summed E-state index contributed by atoms with van der Waals surface area (Å²) in [7, 11) is 0. The van der Waals surface area contributed by atoms with E-state index in [1.54, 1.807) is 16.9 Å². The van der Waals surface area contributed by atoms with Gasteiger partial charge in [-0.3, -0.25) is 4.68 Å². The first-order valence-corrected chi connectivity index (χ1v) is 8.43. The van der Waals surface area contributed by atoms with Gasteiger partial charge in [-0.15, -0.1) is 0 Å². The molecule has 0 unspecified atom stereocenters. The van der Waals surface area contributed by atoms with Crippen molar-refractivity contribution in [2.24, 2.45) is 0 Å². The average Bonchev–Trinajstić information content (AvgIpc) is 3.14. The highest BCUT2D eigenvalue weighted by Gasteiger charge is 2.15. The second kappa shape index (κ2) is 7.27. The predicted molar refractivity (Wildman–Crippen MR) is 94.4 cm³/mol. The Morgan fingerprint density at radius 3 is 2.91 bits per heavy atom. The number of nitrogens with one attached hydrogen (secondary N) is 2. The van der Waals surface area contributed by atoms with Gasteiger partial charge >= 0.3 is 0 Å². The number of hydrogen-bond acceptors (Lipinski definition) is 2. The van der Waals surface area contributed by atoms with Crippen LogP contribution in [0.5, 0.6) is 0 Å². The Bertz CT molecular complexity index is 697. The number of hydrogen-bond donors (Lipinski definition) is 2. The topological polar surface area (TPSA) is 41.9 Å². The molecule has 2 N–H and O–H groups in total. The van der Waals surface area contributed by atoms with Crippen molar-refractivity contribution in [1.82, 2.24) is 15.1 Å². The predicted octanol–water partition coefficient (Wildman–Crippen LogP) is 3.95. The molecular weight excluding hydrogens is 335 g/mol. The number of nitrogens with zero attached hydrogens (tertiary/aromatic N) is 2. The first-order chi connectivity index (χ1) is 11.1. The van der Waals surface area contributed by atoms with Gasteiger partial charge in [0.15, 0.2) is 5.11 Å². The van der Waals surface area contributed by atoms with Crippen LogP contribution in [0.15, 0.2) is 30.6 Å². The minimum atomic E-state index is -0.343. The highest BCUT2D eigenvalue weighted by molar-refractivity contribution is 7.80. The summed E-state index contributed by atoms with van der Waals surface area (Å²) in [5, 5.41) is 11.8. The van der Waals surface area contributed by atoms with E-state index < -0.39 is 0 Å². The van der Waals surface area contributed by atoms with Crippen LogP contribution in [0.1, 0.15) is 31.2 Å². The van der Waals surface area contributed by atoms with Gasteiger partial charge in [0.2, 0.25) is 0 Å². The zero-order valence-electron chi connectivity index (χ0n) is 12.6. The fraction of sp³-hybridized carbons (Fsp3) is 0.375. The highest BCUT2D eigenvalue weighted by Crippen LogP contribution is 2.19. The molecule has 2 aromatic rings. The third kappa shape index (κ3) is 4.42. The van der Waals surface area contributed by atoms with E-state index >= 15 is 0 Å². The molecule has 0 bridgehead atoms. The van der Waals surface area contributed by atoms with Gasteiger partial charge < -0.3 is 10.6 Å². The Kier molecular flexibility index (Phi) is 5.13. The first-order valence-electron chi connectivity index (χ1n) is 7.64. The second-order valence-electron chi connectivity index (χ2n) is 5.74. The standard InChI is InChI=1S/C16H18ClFN4S/c17-15-7-12(18)6-5-11(15)9-22-10-14(8-19-22)21-16(23)20-13-3-1-2-4-13/h5-8,10,13H,1-4,9H2,(H2,20,21,23). The van der Waals surface area contributed by atoms with Crippen molar-refractivity contribution in [2.45, 2.75) is 38.3 Å². The smallest absolute Gasteiger partial charge is 0.171 e. The van der Waals surface area contributed by atoms with E-state index in [4.69, 9.17) is 23.8 Å². The Hall–Kier alpha value is -1.66. The fourth-order valence-electron chi connectivity index (χ4n) is 2.76. The van der Waals surface area contributed by atoms with E-state index in [0.29, 0.717) is 22.7 Å². The van der Waals surface area contributed by atoms with E-state index in [2.05, 4.69) is 15.7 Å². The van der Waals surface area contributed by atoms with Gasteiger partial charge in [-0.2, -0.15) is 5.10 Å². The van der Waals surface area contributed by atoms with Crippen LogP contribution < -0.4 is 10.6 Å². The van der Waals surface area contributed by atoms with Crippen LogP contribution in [0.3, 0.4) is 0 Å². The monoisotopic (exact) mass is 352 g/mol. The van der Waals surface area contributed by atoms with Crippen molar-refractivity contribution >= 4 is 34.6 Å². The molecule has 1 heterocycles. The second-order valence-corrected chi connectivity index (χ2v) is 6.56. The molecule has 0 saturated heterocycles. The number of thiocarbonyl (C=S) groups is 1. The van der Waals surface area contributed by atoms with E-state index in [1.807, 2.05) is 6.20 Å². The molecular formula is C16H18ClFN4S. The maximum Gasteiger partial charge on any atom is 0.171 e. The summed E-state index contributed by atoms with van der Waals surface area (Å²) < 4.78 is 14.8. The normalized spacial score (nSPS) is 14.9. The molecule has 1 aliphatic rings. The maximum atomic E-state index is 13.1. The largest absolute Gasteiger partial charge is 0.360 e. The van der Waals surface area contributed by atoms with E-state index in [-0.39, 0.29) is 5.82 Å². The van der Waals surface area contributed by atoms with Gasteiger partial charge in [0.05, 0.1) is 18.4 Å². The molecule has 0 atom stereocenters. The molecule has 122 valence electrons. The lowest BCUT2D eigenvalue weighted by molar-refractivity contribution is 0.624. The summed E-state index contributed by atoms with van der Waals surface area (Å²) in [4.78, 5) is 0. The molecule has 0 spiro atoms. The zero-order chi connectivity index (χ0) is 16.2. The molecule has 23 heavy (non-hydrogen) atoms. The lowest BCUT2D eigenvalue weighted by Gasteiger charge is -2.14. The lowest BCUT2D eigenvalue weighted by atomic mass is 10.2. The molecule has 4 nitrogen and oxygen atoms in total. The van der Waals surface area contributed by atoms with E-state index in [9.17, 15) is 4.39 Å². The number of benzene rings is 1. The van der Waals surface area contributed by atoms with Gasteiger partial charge in [0.1, 0.15) is 5.82 Å². The quantitative estimate of drug-likeness (QED) is 0.817. The van der Waals surface area contributed by atoms with Gasteiger partial charge in [-0.05, 0) is 42.8 Å². The summed E-state index contributed by atoms with van der Waals surface area (Å²) in [5.74, 6) is -0.343. The molecule has 0 amide bonds. The molecule has 1 saturated carbocycles. The molecule has 3 rings (SSSR count). The van der Waals surface area contributed by atoms with Crippen molar-refractivity contribution < 1.29 is 4.39 Å². The van der Waals surface area contributed by atoms with Crippen LogP contribution in [0.2, 0.25) is 5.02 Å². The molecule has 1 aromatic heterocycles. The van der Waals surface area contributed by atoms with Crippen molar-refractivity contribution in [3.8, 4) is 0 Å². The van der Waals surface area contributed by atoms with Crippen LogP contribution in [-0.4, -0.2) is 20.9 Å². The summed E-state index contributed by atoms with van der Waals surface area (Å²) >= 11 is 11.4. The maximum absolute atomic E-state index is 13.1. The molecule has 0 aliphatic heterocycles. The minimum absolute atomic E-state index is 0.343. The van der Waals surface area contributed by atoms with Gasteiger partial charge in [0, 0.05) is 17.3 Å². The van der Waals surface area contributed by atoms with Crippen LogP contribution in [-0.2, 0) is 6.54 Å². The van der Waals surface area contributed by atoms with Gasteiger partial charge in [-0.25, -0.2) is 4.39 Å². The van der Waals surface area contributed by atoms with Crippen LogP contribution in [0, 0.1) is 5.82 Å². The Labute approximate surface area is 145 Å². The van der Waals surface area contributed by atoms with E-state index in [0.717, 1.165) is 11.3 Å².